The van der Waals surface area contributed by atoms with Gasteiger partial charge in [0, 0.05) is 22.5 Å². The van der Waals surface area contributed by atoms with E-state index >= 15 is 0 Å². The highest BCUT2D eigenvalue weighted by Gasteiger charge is 2.17. The Hall–Kier alpha value is -3.66. The van der Waals surface area contributed by atoms with Crippen LogP contribution in [-0.4, -0.2) is 21.7 Å². The summed E-state index contributed by atoms with van der Waals surface area (Å²) in [6.45, 7) is 7.18. The molecule has 7 heteroatoms. The molecule has 3 rings (SSSR count). The lowest BCUT2D eigenvalue weighted by atomic mass is 10.1. The van der Waals surface area contributed by atoms with Crippen LogP contribution in [0.3, 0.4) is 0 Å². The van der Waals surface area contributed by atoms with Crippen molar-refractivity contribution < 1.29 is 14.3 Å². The van der Waals surface area contributed by atoms with E-state index in [1.807, 2.05) is 30.3 Å². The SMILES string of the molecule is Cc1cc(Oc2ccc(NC(=O)OC(C)(C)C)c3ccccc23)nc(C#N)n1. The lowest BCUT2D eigenvalue weighted by Crippen LogP contribution is -2.27. The van der Waals surface area contributed by atoms with E-state index in [-0.39, 0.29) is 11.7 Å². The molecule has 1 N–H and O–H groups in total. The summed E-state index contributed by atoms with van der Waals surface area (Å²) in [5, 5.41) is 13.4. The van der Waals surface area contributed by atoms with Gasteiger partial charge in [0.1, 0.15) is 17.4 Å². The number of amides is 1. The minimum Gasteiger partial charge on any atom is -0.444 e. The third-order valence-corrected chi connectivity index (χ3v) is 3.66. The molecule has 0 bridgehead atoms. The fourth-order valence-electron chi connectivity index (χ4n) is 2.64. The van der Waals surface area contributed by atoms with Gasteiger partial charge in [-0.25, -0.2) is 9.78 Å². The monoisotopic (exact) mass is 376 g/mol. The second-order valence-corrected chi connectivity index (χ2v) is 7.17. The average Bonchev–Trinajstić information content (AvgIpc) is 2.61. The molecule has 0 fully saturated rings. The van der Waals surface area contributed by atoms with Crippen LogP contribution in [0.2, 0.25) is 0 Å². The van der Waals surface area contributed by atoms with Crippen LogP contribution in [0.1, 0.15) is 32.3 Å². The highest BCUT2D eigenvalue weighted by molar-refractivity contribution is 6.02. The molecule has 142 valence electrons. The second-order valence-electron chi connectivity index (χ2n) is 7.17. The molecule has 1 aromatic heterocycles. The molecule has 1 amide bonds. The van der Waals surface area contributed by atoms with Crippen LogP contribution in [0, 0.1) is 18.3 Å². The average molecular weight is 376 g/mol. The van der Waals surface area contributed by atoms with Crippen LogP contribution in [0.15, 0.2) is 42.5 Å². The first-order valence-corrected chi connectivity index (χ1v) is 8.70. The third-order valence-electron chi connectivity index (χ3n) is 3.66. The van der Waals surface area contributed by atoms with Crippen molar-refractivity contribution in [3.05, 3.63) is 54.0 Å². The molecular formula is C21H20N4O3. The molecule has 0 saturated heterocycles. The van der Waals surface area contributed by atoms with Gasteiger partial charge in [-0.2, -0.15) is 10.2 Å². The van der Waals surface area contributed by atoms with E-state index in [9.17, 15) is 4.79 Å². The number of ether oxygens (including phenoxy) is 2. The molecule has 7 nitrogen and oxygen atoms in total. The number of nitrogens with zero attached hydrogens (tertiary/aromatic N) is 3. The molecule has 0 saturated carbocycles. The third kappa shape index (κ3) is 4.54. The van der Waals surface area contributed by atoms with E-state index in [2.05, 4.69) is 15.3 Å². The van der Waals surface area contributed by atoms with Gasteiger partial charge < -0.3 is 9.47 Å². The van der Waals surface area contributed by atoms with Gasteiger partial charge in [0.15, 0.2) is 0 Å². The minimum atomic E-state index is -0.591. The van der Waals surface area contributed by atoms with Gasteiger partial charge in [-0.05, 0) is 39.8 Å². The van der Waals surface area contributed by atoms with Crippen LogP contribution >= 0.6 is 0 Å². The van der Waals surface area contributed by atoms with Crippen molar-refractivity contribution >= 4 is 22.6 Å². The van der Waals surface area contributed by atoms with Gasteiger partial charge >= 0.3 is 6.09 Å². The van der Waals surface area contributed by atoms with Crippen molar-refractivity contribution in [1.82, 2.24) is 9.97 Å². The predicted molar refractivity (Wildman–Crippen MR) is 105 cm³/mol. The van der Waals surface area contributed by atoms with Crippen LogP contribution in [0.5, 0.6) is 11.6 Å². The number of hydrogen-bond donors (Lipinski definition) is 1. The van der Waals surface area contributed by atoms with E-state index < -0.39 is 11.7 Å². The maximum atomic E-state index is 12.1. The summed E-state index contributed by atoms with van der Waals surface area (Å²) in [5.41, 5.74) is 0.648. The Morgan fingerprint density at radius 1 is 1.11 bits per heavy atom. The molecule has 3 aromatic rings. The van der Waals surface area contributed by atoms with Crippen molar-refractivity contribution in [2.45, 2.75) is 33.3 Å². The van der Waals surface area contributed by atoms with Crippen LogP contribution in [0.25, 0.3) is 10.8 Å². The first-order chi connectivity index (χ1) is 13.2. The topological polar surface area (TPSA) is 97.1 Å². The van der Waals surface area contributed by atoms with E-state index in [1.54, 1.807) is 45.9 Å². The Kier molecular flexibility index (Phi) is 5.14. The first kappa shape index (κ1) is 19.1. The zero-order chi connectivity index (χ0) is 20.3. The molecule has 0 aliphatic rings. The molecule has 0 radical (unpaired) electrons. The Morgan fingerprint density at radius 3 is 2.50 bits per heavy atom. The molecular weight excluding hydrogens is 356 g/mol. The van der Waals surface area contributed by atoms with Crippen molar-refractivity contribution in [1.29, 1.82) is 5.26 Å². The lowest BCUT2D eigenvalue weighted by molar-refractivity contribution is 0.0636. The summed E-state index contributed by atoms with van der Waals surface area (Å²) in [6.07, 6.45) is -0.531. The number of aromatic nitrogens is 2. The summed E-state index contributed by atoms with van der Waals surface area (Å²) >= 11 is 0. The summed E-state index contributed by atoms with van der Waals surface area (Å²) in [4.78, 5) is 20.2. The number of benzene rings is 2. The van der Waals surface area contributed by atoms with Crippen LogP contribution < -0.4 is 10.1 Å². The van der Waals surface area contributed by atoms with Gasteiger partial charge in [0.05, 0.1) is 5.69 Å². The molecule has 0 spiro atoms. The number of nitrogens with one attached hydrogen (secondary N) is 1. The van der Waals surface area contributed by atoms with Gasteiger partial charge in [-0.3, -0.25) is 5.32 Å². The number of rotatable bonds is 3. The fraction of sp³-hybridized carbons (Fsp3) is 0.238. The lowest BCUT2D eigenvalue weighted by Gasteiger charge is -2.20. The van der Waals surface area contributed by atoms with Crippen molar-refractivity contribution in [3.63, 3.8) is 0 Å². The molecule has 2 aromatic carbocycles. The van der Waals surface area contributed by atoms with E-state index in [0.29, 0.717) is 17.1 Å². The predicted octanol–water partition coefficient (Wildman–Crippen LogP) is 4.95. The van der Waals surface area contributed by atoms with Gasteiger partial charge in [-0.1, -0.05) is 24.3 Å². The second kappa shape index (κ2) is 7.53. The maximum Gasteiger partial charge on any atom is 0.412 e. The zero-order valence-electron chi connectivity index (χ0n) is 16.1. The van der Waals surface area contributed by atoms with Crippen molar-refractivity contribution in [2.24, 2.45) is 0 Å². The number of nitriles is 1. The van der Waals surface area contributed by atoms with Gasteiger partial charge in [0.2, 0.25) is 11.7 Å². The largest absolute Gasteiger partial charge is 0.444 e. The Labute approximate surface area is 162 Å². The van der Waals surface area contributed by atoms with Crippen LogP contribution in [-0.2, 0) is 4.74 Å². The quantitative estimate of drug-likeness (QED) is 0.695. The maximum absolute atomic E-state index is 12.1. The number of hydrogen-bond acceptors (Lipinski definition) is 6. The summed E-state index contributed by atoms with van der Waals surface area (Å²) in [6, 6.07) is 14.5. The van der Waals surface area contributed by atoms with E-state index in [4.69, 9.17) is 14.7 Å². The number of aryl methyl sites for hydroxylation is 1. The van der Waals surface area contributed by atoms with Crippen molar-refractivity contribution in [2.75, 3.05) is 5.32 Å². The highest BCUT2D eigenvalue weighted by atomic mass is 16.6. The summed E-state index contributed by atoms with van der Waals surface area (Å²) in [7, 11) is 0. The van der Waals surface area contributed by atoms with E-state index in [0.717, 1.165) is 10.8 Å². The van der Waals surface area contributed by atoms with Crippen molar-refractivity contribution in [3.8, 4) is 17.7 Å². The molecule has 0 atom stereocenters. The number of carbonyl (C=O) groups excluding carboxylic acids is 1. The standard InChI is InChI=1S/C21H20N4O3/c1-13-11-19(25-18(12-22)23-13)27-17-10-9-16(14-7-5-6-8-15(14)17)24-20(26)28-21(2,3)4/h5-11H,1-4H3,(H,24,26). The molecule has 1 heterocycles. The normalized spacial score (nSPS) is 11.0. The Bertz CT molecular complexity index is 1080. The molecule has 0 unspecified atom stereocenters. The van der Waals surface area contributed by atoms with Gasteiger partial charge in [-0.15, -0.1) is 0 Å². The highest BCUT2D eigenvalue weighted by Crippen LogP contribution is 2.34. The van der Waals surface area contributed by atoms with Gasteiger partial charge in [0.25, 0.3) is 0 Å². The zero-order valence-corrected chi connectivity index (χ0v) is 16.1. The van der Waals surface area contributed by atoms with Crippen LogP contribution in [0.4, 0.5) is 10.5 Å². The molecule has 28 heavy (non-hydrogen) atoms. The molecule has 0 aliphatic heterocycles. The summed E-state index contributed by atoms with van der Waals surface area (Å²) in [5.74, 6) is 0.872. The first-order valence-electron chi connectivity index (χ1n) is 8.70. The molecule has 0 aliphatic carbocycles. The number of fused-ring (bicyclic) bond motifs is 1. The Balaban J connectivity index is 1.95. The fourth-order valence-corrected chi connectivity index (χ4v) is 2.64. The van der Waals surface area contributed by atoms with E-state index in [1.165, 1.54) is 0 Å². The number of anilines is 1. The minimum absolute atomic E-state index is 0.0440. The number of carbonyl (C=O) groups is 1. The Morgan fingerprint density at radius 2 is 1.82 bits per heavy atom. The summed E-state index contributed by atoms with van der Waals surface area (Å²) < 4.78 is 11.2. The smallest absolute Gasteiger partial charge is 0.412 e.